The Bertz CT molecular complexity index is 256. The third-order valence-electron chi connectivity index (χ3n) is 1.81. The summed E-state index contributed by atoms with van der Waals surface area (Å²) in [5.74, 6) is 0.795. The smallest absolute Gasteiger partial charge is 0.186 e. The SMILES string of the molecule is Cc1cc(C)c(OCO)c(C)c1. The van der Waals surface area contributed by atoms with Crippen LogP contribution in [0.5, 0.6) is 5.75 Å². The summed E-state index contributed by atoms with van der Waals surface area (Å²) in [7, 11) is 0. The van der Waals surface area contributed by atoms with Crippen LogP contribution in [0, 0.1) is 20.8 Å². The maximum atomic E-state index is 8.62. The maximum absolute atomic E-state index is 8.62. The van der Waals surface area contributed by atoms with E-state index in [-0.39, 0.29) is 6.79 Å². The number of ether oxygens (including phenoxy) is 1. The van der Waals surface area contributed by atoms with Gasteiger partial charge in [0.05, 0.1) is 0 Å². The lowest BCUT2D eigenvalue weighted by Crippen LogP contribution is -1.99. The van der Waals surface area contributed by atoms with Crippen LogP contribution in [0.4, 0.5) is 0 Å². The Morgan fingerprint density at radius 3 is 2.08 bits per heavy atom. The molecule has 0 saturated carbocycles. The van der Waals surface area contributed by atoms with Crippen LogP contribution < -0.4 is 4.74 Å². The molecule has 0 unspecified atom stereocenters. The minimum Gasteiger partial charge on any atom is -0.467 e. The predicted octanol–water partition coefficient (Wildman–Crippen LogP) is 1.94. The van der Waals surface area contributed by atoms with Gasteiger partial charge in [0.2, 0.25) is 0 Å². The lowest BCUT2D eigenvalue weighted by molar-refractivity contribution is 0.0971. The molecule has 1 aromatic carbocycles. The van der Waals surface area contributed by atoms with Gasteiger partial charge in [-0.05, 0) is 31.9 Å². The van der Waals surface area contributed by atoms with Gasteiger partial charge >= 0.3 is 0 Å². The largest absolute Gasteiger partial charge is 0.467 e. The number of aryl methyl sites for hydroxylation is 3. The molecule has 0 aliphatic rings. The van der Waals surface area contributed by atoms with E-state index in [1.165, 1.54) is 5.56 Å². The van der Waals surface area contributed by atoms with Gasteiger partial charge in [-0.15, -0.1) is 0 Å². The lowest BCUT2D eigenvalue weighted by Gasteiger charge is -2.10. The Labute approximate surface area is 72.8 Å². The van der Waals surface area contributed by atoms with Gasteiger partial charge < -0.3 is 9.84 Å². The fourth-order valence-electron chi connectivity index (χ4n) is 1.46. The molecule has 0 aliphatic heterocycles. The minimum atomic E-state index is -0.259. The molecule has 1 N–H and O–H groups in total. The normalized spacial score (nSPS) is 10.0. The van der Waals surface area contributed by atoms with Crippen molar-refractivity contribution in [1.29, 1.82) is 0 Å². The first-order chi connectivity index (χ1) is 5.65. The number of aliphatic hydroxyl groups is 1. The van der Waals surface area contributed by atoms with E-state index in [1.54, 1.807) is 0 Å². The van der Waals surface area contributed by atoms with E-state index in [1.807, 2.05) is 32.9 Å². The van der Waals surface area contributed by atoms with Crippen molar-refractivity contribution in [1.82, 2.24) is 0 Å². The third kappa shape index (κ3) is 1.77. The van der Waals surface area contributed by atoms with E-state index >= 15 is 0 Å². The van der Waals surface area contributed by atoms with Crippen LogP contribution in [-0.2, 0) is 0 Å². The fourth-order valence-corrected chi connectivity index (χ4v) is 1.46. The van der Waals surface area contributed by atoms with Gasteiger partial charge in [-0.3, -0.25) is 0 Å². The number of benzene rings is 1. The van der Waals surface area contributed by atoms with Gasteiger partial charge in [-0.1, -0.05) is 17.7 Å². The van der Waals surface area contributed by atoms with Gasteiger partial charge in [0, 0.05) is 0 Å². The Balaban J connectivity index is 3.10. The topological polar surface area (TPSA) is 29.5 Å². The average Bonchev–Trinajstić information content (AvgIpc) is 1.96. The minimum absolute atomic E-state index is 0.259. The van der Waals surface area contributed by atoms with Crippen LogP contribution in [0.25, 0.3) is 0 Å². The molecular weight excluding hydrogens is 152 g/mol. The average molecular weight is 166 g/mol. The van der Waals surface area contributed by atoms with E-state index in [0.29, 0.717) is 0 Å². The van der Waals surface area contributed by atoms with Crippen molar-refractivity contribution in [2.24, 2.45) is 0 Å². The zero-order valence-electron chi connectivity index (χ0n) is 7.72. The Kier molecular flexibility index (Phi) is 2.71. The van der Waals surface area contributed by atoms with Crippen molar-refractivity contribution in [3.8, 4) is 5.75 Å². The van der Waals surface area contributed by atoms with Crippen molar-refractivity contribution in [2.75, 3.05) is 6.79 Å². The number of hydrogen-bond acceptors (Lipinski definition) is 2. The highest BCUT2D eigenvalue weighted by molar-refractivity contribution is 5.42. The Morgan fingerprint density at radius 1 is 1.17 bits per heavy atom. The lowest BCUT2D eigenvalue weighted by atomic mass is 10.1. The second-order valence-corrected chi connectivity index (χ2v) is 3.00. The summed E-state index contributed by atoms with van der Waals surface area (Å²) in [5, 5.41) is 8.62. The first-order valence-electron chi connectivity index (χ1n) is 3.96. The number of rotatable bonds is 2. The van der Waals surface area contributed by atoms with Crippen LogP contribution in [0.15, 0.2) is 12.1 Å². The molecule has 2 heteroatoms. The molecular formula is C10H14O2. The molecule has 0 amide bonds. The van der Waals surface area contributed by atoms with Crippen LogP contribution in [0.3, 0.4) is 0 Å². The van der Waals surface area contributed by atoms with Crippen molar-refractivity contribution in [2.45, 2.75) is 20.8 Å². The summed E-state index contributed by atoms with van der Waals surface area (Å²) in [6.07, 6.45) is 0. The van der Waals surface area contributed by atoms with Crippen molar-refractivity contribution in [3.05, 3.63) is 28.8 Å². The zero-order chi connectivity index (χ0) is 9.14. The Hall–Kier alpha value is -1.02. The number of hydrogen-bond donors (Lipinski definition) is 1. The molecule has 66 valence electrons. The molecule has 0 aromatic heterocycles. The van der Waals surface area contributed by atoms with E-state index < -0.39 is 0 Å². The van der Waals surface area contributed by atoms with Crippen LogP contribution in [0.2, 0.25) is 0 Å². The molecule has 0 radical (unpaired) electrons. The second kappa shape index (κ2) is 3.59. The van der Waals surface area contributed by atoms with E-state index in [0.717, 1.165) is 16.9 Å². The summed E-state index contributed by atoms with van der Waals surface area (Å²) in [5.41, 5.74) is 3.36. The van der Waals surface area contributed by atoms with Crippen molar-refractivity contribution < 1.29 is 9.84 Å². The summed E-state index contributed by atoms with van der Waals surface area (Å²) in [6.45, 7) is 5.74. The fraction of sp³-hybridized carbons (Fsp3) is 0.400. The first kappa shape index (κ1) is 9.07. The van der Waals surface area contributed by atoms with E-state index in [4.69, 9.17) is 9.84 Å². The van der Waals surface area contributed by atoms with Gasteiger partial charge in [-0.25, -0.2) is 0 Å². The second-order valence-electron chi connectivity index (χ2n) is 3.00. The molecule has 0 heterocycles. The summed E-state index contributed by atoms with van der Waals surface area (Å²) in [4.78, 5) is 0. The first-order valence-corrected chi connectivity index (χ1v) is 3.96. The standard InChI is InChI=1S/C10H14O2/c1-7-4-8(2)10(12-6-11)9(3)5-7/h4-5,11H,6H2,1-3H3. The van der Waals surface area contributed by atoms with Gasteiger partial charge in [0.15, 0.2) is 6.79 Å². The van der Waals surface area contributed by atoms with Gasteiger partial charge in [-0.2, -0.15) is 0 Å². The summed E-state index contributed by atoms with van der Waals surface area (Å²) in [6, 6.07) is 4.08. The molecule has 0 fully saturated rings. The summed E-state index contributed by atoms with van der Waals surface area (Å²) >= 11 is 0. The molecule has 1 rings (SSSR count). The highest BCUT2D eigenvalue weighted by atomic mass is 16.6. The molecule has 0 spiro atoms. The molecule has 12 heavy (non-hydrogen) atoms. The summed E-state index contributed by atoms with van der Waals surface area (Å²) < 4.78 is 5.08. The maximum Gasteiger partial charge on any atom is 0.186 e. The van der Waals surface area contributed by atoms with Gasteiger partial charge in [0.25, 0.3) is 0 Å². The molecule has 0 bridgehead atoms. The molecule has 1 aromatic rings. The zero-order valence-corrected chi connectivity index (χ0v) is 7.72. The molecule has 2 nitrogen and oxygen atoms in total. The highest BCUT2D eigenvalue weighted by Gasteiger charge is 2.03. The van der Waals surface area contributed by atoms with Crippen LogP contribution in [-0.4, -0.2) is 11.9 Å². The van der Waals surface area contributed by atoms with Crippen LogP contribution >= 0.6 is 0 Å². The van der Waals surface area contributed by atoms with Crippen molar-refractivity contribution >= 4 is 0 Å². The highest BCUT2D eigenvalue weighted by Crippen LogP contribution is 2.23. The monoisotopic (exact) mass is 166 g/mol. The van der Waals surface area contributed by atoms with E-state index in [2.05, 4.69) is 0 Å². The van der Waals surface area contributed by atoms with Gasteiger partial charge in [0.1, 0.15) is 5.75 Å². The quantitative estimate of drug-likeness (QED) is 0.680. The Morgan fingerprint density at radius 2 is 1.67 bits per heavy atom. The molecule has 0 aliphatic carbocycles. The predicted molar refractivity (Wildman–Crippen MR) is 48.4 cm³/mol. The number of aliphatic hydroxyl groups excluding tert-OH is 1. The molecule has 0 atom stereocenters. The third-order valence-corrected chi connectivity index (χ3v) is 1.81. The van der Waals surface area contributed by atoms with Crippen LogP contribution in [0.1, 0.15) is 16.7 Å². The molecule has 0 saturated heterocycles. The van der Waals surface area contributed by atoms with E-state index in [9.17, 15) is 0 Å². The van der Waals surface area contributed by atoms with Crippen molar-refractivity contribution in [3.63, 3.8) is 0 Å².